The van der Waals surface area contributed by atoms with Crippen LogP contribution in [0.4, 0.5) is 8.78 Å². The van der Waals surface area contributed by atoms with E-state index < -0.39 is 6.43 Å². The van der Waals surface area contributed by atoms with Crippen LogP contribution < -0.4 is 5.32 Å². The minimum Gasteiger partial charge on any atom is -0.312 e. The zero-order chi connectivity index (χ0) is 14.1. The van der Waals surface area contributed by atoms with E-state index in [2.05, 4.69) is 5.32 Å². The lowest BCUT2D eigenvalue weighted by atomic mass is 9.98. The Balaban J connectivity index is 1.93. The Morgan fingerprint density at radius 2 is 2.05 bits per heavy atom. The smallest absolute Gasteiger partial charge is 0.263 e. The van der Waals surface area contributed by atoms with Gasteiger partial charge < -0.3 is 5.32 Å². The summed E-state index contributed by atoms with van der Waals surface area (Å²) >= 11 is 1.68. The molecule has 0 aliphatic heterocycles. The Morgan fingerprint density at radius 3 is 2.70 bits per heavy atom. The highest BCUT2D eigenvalue weighted by molar-refractivity contribution is 7.15. The average molecular weight is 294 g/mol. The normalized spacial score (nSPS) is 18.3. The first-order chi connectivity index (χ1) is 9.69. The highest BCUT2D eigenvalue weighted by Crippen LogP contribution is 2.37. The van der Waals surface area contributed by atoms with Gasteiger partial charge in [0, 0.05) is 16.0 Å². The fourth-order valence-electron chi connectivity index (χ4n) is 2.59. The molecule has 1 atom stereocenters. The molecular formula is C15H16F2N2S. The van der Waals surface area contributed by atoms with Gasteiger partial charge in [-0.2, -0.15) is 0 Å². The maximum atomic E-state index is 12.6. The Labute approximate surface area is 120 Å². The summed E-state index contributed by atoms with van der Waals surface area (Å²) in [5.41, 5.74) is 2.11. The Bertz CT molecular complexity index is 592. The monoisotopic (exact) mass is 294 g/mol. The van der Waals surface area contributed by atoms with Gasteiger partial charge in [0.15, 0.2) is 0 Å². The van der Waals surface area contributed by atoms with E-state index in [0.717, 1.165) is 29.1 Å². The fraction of sp³-hybridized carbons (Fsp3) is 0.400. The van der Waals surface area contributed by atoms with Gasteiger partial charge in [-0.1, -0.05) is 24.3 Å². The van der Waals surface area contributed by atoms with E-state index in [-0.39, 0.29) is 5.56 Å². The summed E-state index contributed by atoms with van der Waals surface area (Å²) in [6, 6.07) is 6.76. The van der Waals surface area contributed by atoms with E-state index >= 15 is 0 Å². The predicted octanol–water partition coefficient (Wildman–Crippen LogP) is 4.34. The van der Waals surface area contributed by atoms with Crippen LogP contribution >= 0.6 is 11.3 Å². The minimum atomic E-state index is -2.41. The molecule has 20 heavy (non-hydrogen) atoms. The molecule has 0 spiro atoms. The number of hydrogen-bond donors (Lipinski definition) is 1. The van der Waals surface area contributed by atoms with Gasteiger partial charge in [0.1, 0.15) is 5.01 Å². The molecule has 1 N–H and O–H groups in total. The molecule has 1 unspecified atom stereocenters. The number of nitrogens with zero attached hydrogens (tertiary/aromatic N) is 1. The zero-order valence-electron chi connectivity index (χ0n) is 11.2. The maximum Gasteiger partial charge on any atom is 0.263 e. The van der Waals surface area contributed by atoms with Crippen LogP contribution in [0.5, 0.6) is 0 Å². The molecule has 106 valence electrons. The second-order valence-corrected chi connectivity index (χ2v) is 6.07. The Morgan fingerprint density at radius 1 is 1.30 bits per heavy atom. The molecule has 3 rings (SSSR count). The van der Waals surface area contributed by atoms with E-state index in [1.807, 2.05) is 7.05 Å². The number of thiazole rings is 1. The van der Waals surface area contributed by atoms with Crippen LogP contribution in [0.15, 0.2) is 24.3 Å². The van der Waals surface area contributed by atoms with Gasteiger partial charge in [0.2, 0.25) is 0 Å². The molecule has 1 aromatic carbocycles. The van der Waals surface area contributed by atoms with Crippen molar-refractivity contribution in [2.45, 2.75) is 31.7 Å². The summed E-state index contributed by atoms with van der Waals surface area (Å²) in [5.74, 6) is 0. The summed E-state index contributed by atoms with van der Waals surface area (Å²) in [5, 5.41) is 4.22. The van der Waals surface area contributed by atoms with E-state index in [9.17, 15) is 8.78 Å². The molecule has 0 saturated carbocycles. The van der Waals surface area contributed by atoms with Gasteiger partial charge in [-0.3, -0.25) is 0 Å². The quantitative estimate of drug-likeness (QED) is 0.910. The molecule has 2 nitrogen and oxygen atoms in total. The van der Waals surface area contributed by atoms with Gasteiger partial charge in [0.05, 0.1) is 11.7 Å². The summed E-state index contributed by atoms with van der Waals surface area (Å²) < 4.78 is 25.1. The molecule has 1 aliphatic carbocycles. The Hall–Kier alpha value is -1.33. The third kappa shape index (κ3) is 2.47. The van der Waals surface area contributed by atoms with E-state index in [1.54, 1.807) is 23.5 Å². The lowest BCUT2D eigenvalue weighted by Gasteiger charge is -2.19. The summed E-state index contributed by atoms with van der Waals surface area (Å²) in [7, 11) is 1.95. The number of benzene rings is 1. The van der Waals surface area contributed by atoms with Crippen molar-refractivity contribution >= 4 is 11.3 Å². The van der Waals surface area contributed by atoms with Crippen molar-refractivity contribution in [3.8, 4) is 10.6 Å². The van der Waals surface area contributed by atoms with Crippen molar-refractivity contribution in [2.24, 2.45) is 0 Å². The Kier molecular flexibility index (Phi) is 3.81. The van der Waals surface area contributed by atoms with Gasteiger partial charge in [0.25, 0.3) is 6.43 Å². The average Bonchev–Trinajstić information content (AvgIpc) is 2.91. The standard InChI is InChI=1S/C15H16F2N2S/c1-18-11-3-2-4-12-13(11)19-15(20-12)10-7-5-9(6-8-10)14(16)17/h5-8,11,14,18H,2-4H2,1H3. The number of rotatable bonds is 3. The summed E-state index contributed by atoms with van der Waals surface area (Å²) in [4.78, 5) is 6.04. The van der Waals surface area contributed by atoms with Crippen molar-refractivity contribution in [3.63, 3.8) is 0 Å². The van der Waals surface area contributed by atoms with Crippen LogP contribution in [0.25, 0.3) is 10.6 Å². The highest BCUT2D eigenvalue weighted by atomic mass is 32.1. The van der Waals surface area contributed by atoms with Crippen LogP contribution in [-0.2, 0) is 6.42 Å². The first-order valence-electron chi connectivity index (χ1n) is 6.74. The predicted molar refractivity (Wildman–Crippen MR) is 77.2 cm³/mol. The van der Waals surface area contributed by atoms with Crippen LogP contribution in [-0.4, -0.2) is 12.0 Å². The number of aromatic nitrogens is 1. The number of halogens is 2. The molecule has 2 aromatic rings. The molecule has 1 aliphatic rings. The number of aryl methyl sites for hydroxylation is 1. The number of nitrogens with one attached hydrogen (secondary N) is 1. The topological polar surface area (TPSA) is 24.9 Å². The van der Waals surface area contributed by atoms with E-state index in [0.29, 0.717) is 6.04 Å². The van der Waals surface area contributed by atoms with Gasteiger partial charge in [-0.25, -0.2) is 13.8 Å². The molecule has 0 saturated heterocycles. The van der Waals surface area contributed by atoms with Crippen molar-refractivity contribution in [3.05, 3.63) is 40.4 Å². The van der Waals surface area contributed by atoms with Crippen molar-refractivity contribution in [2.75, 3.05) is 7.05 Å². The minimum absolute atomic E-state index is 0.0585. The zero-order valence-corrected chi connectivity index (χ0v) is 12.0. The number of fused-ring (bicyclic) bond motifs is 1. The van der Waals surface area contributed by atoms with Crippen LogP contribution in [0.2, 0.25) is 0 Å². The first kappa shape index (κ1) is 13.6. The van der Waals surface area contributed by atoms with Gasteiger partial charge >= 0.3 is 0 Å². The summed E-state index contributed by atoms with van der Waals surface area (Å²) in [6.07, 6.45) is 0.934. The molecule has 0 bridgehead atoms. The fourth-order valence-corrected chi connectivity index (χ4v) is 3.76. The third-order valence-electron chi connectivity index (χ3n) is 3.71. The van der Waals surface area contributed by atoms with Gasteiger partial charge in [-0.05, 0) is 26.3 Å². The van der Waals surface area contributed by atoms with E-state index in [4.69, 9.17) is 4.98 Å². The molecule has 0 radical (unpaired) electrons. The first-order valence-corrected chi connectivity index (χ1v) is 7.56. The van der Waals surface area contributed by atoms with Gasteiger partial charge in [-0.15, -0.1) is 11.3 Å². The lowest BCUT2D eigenvalue weighted by molar-refractivity contribution is 0.151. The van der Waals surface area contributed by atoms with Crippen LogP contribution in [0.1, 0.15) is 41.4 Å². The second-order valence-electron chi connectivity index (χ2n) is 4.98. The molecule has 1 heterocycles. The molecule has 1 aromatic heterocycles. The molecule has 0 amide bonds. The number of alkyl halides is 2. The highest BCUT2D eigenvalue weighted by Gasteiger charge is 2.23. The van der Waals surface area contributed by atoms with E-state index in [1.165, 1.54) is 23.4 Å². The third-order valence-corrected chi connectivity index (χ3v) is 4.89. The number of hydrogen-bond acceptors (Lipinski definition) is 3. The van der Waals surface area contributed by atoms with Crippen molar-refractivity contribution < 1.29 is 8.78 Å². The largest absolute Gasteiger partial charge is 0.312 e. The molecule has 5 heteroatoms. The lowest BCUT2D eigenvalue weighted by Crippen LogP contribution is -2.21. The van der Waals surface area contributed by atoms with Crippen LogP contribution in [0.3, 0.4) is 0 Å². The SMILES string of the molecule is CNC1CCCc2sc(-c3ccc(C(F)F)cc3)nc21. The molecular weight excluding hydrogens is 278 g/mol. The second kappa shape index (κ2) is 5.58. The van der Waals surface area contributed by atoms with Crippen molar-refractivity contribution in [1.82, 2.24) is 10.3 Å². The summed E-state index contributed by atoms with van der Waals surface area (Å²) in [6.45, 7) is 0. The maximum absolute atomic E-state index is 12.6. The van der Waals surface area contributed by atoms with Crippen LogP contribution in [0, 0.1) is 0 Å². The van der Waals surface area contributed by atoms with Crippen molar-refractivity contribution in [1.29, 1.82) is 0 Å². The molecule has 0 fully saturated rings.